The fraction of sp³-hybridized carbons (Fsp3) is 0.940. The van der Waals surface area contributed by atoms with Crippen molar-refractivity contribution in [2.75, 3.05) is 13.2 Å². The lowest BCUT2D eigenvalue weighted by atomic mass is 10.0. The van der Waals surface area contributed by atoms with Gasteiger partial charge in [-0.25, -0.2) is 0 Å². The van der Waals surface area contributed by atoms with Crippen LogP contribution in [0.5, 0.6) is 0 Å². The largest absolute Gasteiger partial charge is 0.462 e. The number of carbonyl (C=O) groups is 3. The molecule has 6 heteroatoms. The van der Waals surface area contributed by atoms with Gasteiger partial charge in [0.2, 0.25) is 0 Å². The predicted molar refractivity (Wildman–Crippen MR) is 238 cm³/mol. The Morgan fingerprint density at radius 3 is 0.714 bits per heavy atom. The fourth-order valence-corrected chi connectivity index (χ4v) is 7.56. The van der Waals surface area contributed by atoms with E-state index in [1.165, 1.54) is 180 Å². The third kappa shape index (κ3) is 43.5. The van der Waals surface area contributed by atoms with Crippen LogP contribution in [0, 0.1) is 0 Å². The summed E-state index contributed by atoms with van der Waals surface area (Å²) < 4.78 is 16.7. The number of rotatable bonds is 46. The zero-order valence-electron chi connectivity index (χ0n) is 37.9. The molecule has 0 heterocycles. The van der Waals surface area contributed by atoms with Crippen LogP contribution in [0.1, 0.15) is 284 Å². The van der Waals surface area contributed by atoms with E-state index in [0.29, 0.717) is 19.3 Å². The average Bonchev–Trinajstić information content (AvgIpc) is 3.19. The summed E-state index contributed by atoms with van der Waals surface area (Å²) in [6.07, 6.45) is 48.4. The Hall–Kier alpha value is -1.59. The molecule has 1 atom stereocenters. The summed E-state index contributed by atoms with van der Waals surface area (Å²) in [5.41, 5.74) is 0. The molecule has 0 unspecified atom stereocenters. The van der Waals surface area contributed by atoms with Gasteiger partial charge in [-0.15, -0.1) is 0 Å². The average molecular weight is 793 g/mol. The first-order chi connectivity index (χ1) is 27.5. The molecule has 0 N–H and O–H groups in total. The molecule has 0 aromatic heterocycles. The van der Waals surface area contributed by atoms with E-state index in [4.69, 9.17) is 14.2 Å². The second-order valence-electron chi connectivity index (χ2n) is 17.1. The zero-order valence-corrected chi connectivity index (χ0v) is 37.9. The summed E-state index contributed by atoms with van der Waals surface area (Å²) in [5.74, 6) is -0.860. The van der Waals surface area contributed by atoms with Crippen molar-refractivity contribution in [1.29, 1.82) is 0 Å². The number of ether oxygens (including phenoxy) is 3. The molecule has 56 heavy (non-hydrogen) atoms. The molecule has 0 bridgehead atoms. The van der Waals surface area contributed by atoms with Gasteiger partial charge in [0.15, 0.2) is 6.10 Å². The van der Waals surface area contributed by atoms with Crippen LogP contribution in [-0.4, -0.2) is 37.2 Å². The van der Waals surface area contributed by atoms with E-state index in [9.17, 15) is 14.4 Å². The molecule has 0 fully saturated rings. The van der Waals surface area contributed by atoms with Crippen molar-refractivity contribution in [2.45, 2.75) is 290 Å². The van der Waals surface area contributed by atoms with Crippen LogP contribution in [0.2, 0.25) is 0 Å². The Morgan fingerprint density at radius 1 is 0.286 bits per heavy atom. The maximum atomic E-state index is 12.6. The zero-order chi connectivity index (χ0) is 40.8. The van der Waals surface area contributed by atoms with Gasteiger partial charge in [0.05, 0.1) is 0 Å². The van der Waals surface area contributed by atoms with Crippen molar-refractivity contribution in [1.82, 2.24) is 0 Å². The highest BCUT2D eigenvalue weighted by molar-refractivity contribution is 5.71. The molecule has 0 amide bonds. The number of hydrogen-bond donors (Lipinski definition) is 0. The first-order valence-electron chi connectivity index (χ1n) is 25.0. The standard InChI is InChI=1S/C50H96O6/c1-4-7-10-13-15-17-19-21-23-24-25-27-29-31-33-35-38-40-43-49(52)55-46-47(56-50(53)44-41-36-12-9-6-3)45-54-48(51)42-39-37-34-32-30-28-26-22-20-18-16-14-11-8-5-2/h47H,4-46H2,1-3H3/t47-/m0/s1. The smallest absolute Gasteiger partial charge is 0.306 e. The maximum Gasteiger partial charge on any atom is 0.306 e. The van der Waals surface area contributed by atoms with Gasteiger partial charge >= 0.3 is 17.9 Å². The van der Waals surface area contributed by atoms with Crippen molar-refractivity contribution in [3.63, 3.8) is 0 Å². The van der Waals surface area contributed by atoms with Crippen molar-refractivity contribution in [2.24, 2.45) is 0 Å². The second kappa shape index (κ2) is 46.1. The molecule has 0 radical (unpaired) electrons. The van der Waals surface area contributed by atoms with Crippen LogP contribution in [-0.2, 0) is 28.6 Å². The van der Waals surface area contributed by atoms with Gasteiger partial charge in [-0.3, -0.25) is 14.4 Å². The lowest BCUT2D eigenvalue weighted by Gasteiger charge is -2.18. The van der Waals surface area contributed by atoms with Crippen LogP contribution in [0.3, 0.4) is 0 Å². The Labute approximate surface area is 348 Å². The molecular weight excluding hydrogens is 697 g/mol. The lowest BCUT2D eigenvalue weighted by molar-refractivity contribution is -0.167. The lowest BCUT2D eigenvalue weighted by Crippen LogP contribution is -2.30. The van der Waals surface area contributed by atoms with Gasteiger partial charge < -0.3 is 14.2 Å². The first kappa shape index (κ1) is 54.4. The molecule has 0 aromatic rings. The summed E-state index contributed by atoms with van der Waals surface area (Å²) in [6.45, 7) is 6.60. The third-order valence-electron chi connectivity index (χ3n) is 11.4. The van der Waals surface area contributed by atoms with Gasteiger partial charge in [-0.1, -0.05) is 245 Å². The summed E-state index contributed by atoms with van der Waals surface area (Å²) >= 11 is 0. The van der Waals surface area contributed by atoms with Gasteiger partial charge in [-0.2, -0.15) is 0 Å². The van der Waals surface area contributed by atoms with Crippen molar-refractivity contribution in [3.05, 3.63) is 0 Å². The molecule has 0 aliphatic heterocycles. The van der Waals surface area contributed by atoms with Crippen LogP contribution in [0.25, 0.3) is 0 Å². The van der Waals surface area contributed by atoms with Gasteiger partial charge in [0.1, 0.15) is 13.2 Å². The maximum absolute atomic E-state index is 12.6. The third-order valence-corrected chi connectivity index (χ3v) is 11.4. The van der Waals surface area contributed by atoms with Crippen LogP contribution >= 0.6 is 0 Å². The molecule has 0 rings (SSSR count). The number of esters is 3. The first-order valence-corrected chi connectivity index (χ1v) is 25.0. The van der Waals surface area contributed by atoms with E-state index in [-0.39, 0.29) is 31.1 Å². The van der Waals surface area contributed by atoms with Crippen LogP contribution < -0.4 is 0 Å². The second-order valence-corrected chi connectivity index (χ2v) is 17.1. The summed E-state index contributed by atoms with van der Waals surface area (Å²) in [7, 11) is 0. The predicted octanol–water partition coefficient (Wildman–Crippen LogP) is 16.0. The molecule has 6 nitrogen and oxygen atoms in total. The molecule has 0 aromatic carbocycles. The van der Waals surface area contributed by atoms with E-state index in [0.717, 1.165) is 64.2 Å². The minimum absolute atomic E-state index is 0.0638. The van der Waals surface area contributed by atoms with E-state index < -0.39 is 6.10 Å². The summed E-state index contributed by atoms with van der Waals surface area (Å²) in [4.78, 5) is 37.6. The molecule has 0 aliphatic rings. The SMILES string of the molecule is CCCCCCCCCCCCCCCCCCCCC(=O)OC[C@H](COC(=O)CCCCCCCCCCCCCCCCC)OC(=O)CCCCCCC. The highest BCUT2D eigenvalue weighted by Gasteiger charge is 2.19. The van der Waals surface area contributed by atoms with Crippen LogP contribution in [0.15, 0.2) is 0 Å². The van der Waals surface area contributed by atoms with Crippen molar-refractivity contribution in [3.8, 4) is 0 Å². The van der Waals surface area contributed by atoms with Crippen molar-refractivity contribution >= 4 is 17.9 Å². The van der Waals surface area contributed by atoms with E-state index in [1.54, 1.807) is 0 Å². The quantitative estimate of drug-likeness (QED) is 0.0347. The van der Waals surface area contributed by atoms with Gasteiger partial charge in [0.25, 0.3) is 0 Å². The Balaban J connectivity index is 4.06. The monoisotopic (exact) mass is 793 g/mol. The van der Waals surface area contributed by atoms with E-state index in [2.05, 4.69) is 20.8 Å². The molecule has 332 valence electrons. The molecule has 0 aliphatic carbocycles. The van der Waals surface area contributed by atoms with Gasteiger partial charge in [-0.05, 0) is 19.3 Å². The molecule has 0 spiro atoms. The number of unbranched alkanes of at least 4 members (excludes halogenated alkanes) is 35. The van der Waals surface area contributed by atoms with Gasteiger partial charge in [0, 0.05) is 19.3 Å². The highest BCUT2D eigenvalue weighted by Crippen LogP contribution is 2.17. The normalized spacial score (nSPS) is 11.8. The topological polar surface area (TPSA) is 78.9 Å². The molecular formula is C50H96O6. The number of carbonyl (C=O) groups excluding carboxylic acids is 3. The van der Waals surface area contributed by atoms with E-state index in [1.807, 2.05) is 0 Å². The fourth-order valence-electron chi connectivity index (χ4n) is 7.56. The summed E-state index contributed by atoms with van der Waals surface area (Å²) in [5, 5.41) is 0. The van der Waals surface area contributed by atoms with E-state index >= 15 is 0 Å². The van der Waals surface area contributed by atoms with Crippen molar-refractivity contribution < 1.29 is 28.6 Å². The Morgan fingerprint density at radius 2 is 0.482 bits per heavy atom. The highest BCUT2D eigenvalue weighted by atomic mass is 16.6. The minimum atomic E-state index is -0.757. The van der Waals surface area contributed by atoms with Crippen LogP contribution in [0.4, 0.5) is 0 Å². The minimum Gasteiger partial charge on any atom is -0.462 e. The molecule has 0 saturated heterocycles. The number of hydrogen-bond acceptors (Lipinski definition) is 6. The summed E-state index contributed by atoms with van der Waals surface area (Å²) in [6, 6.07) is 0. The Bertz CT molecular complexity index is 828. The molecule has 0 saturated carbocycles. The Kier molecular flexibility index (Phi) is 44.8.